The van der Waals surface area contributed by atoms with E-state index >= 15 is 0 Å². The van der Waals surface area contributed by atoms with E-state index in [0.29, 0.717) is 22.5 Å². The molecular formula is C15H14Cl2N2O5. The molecule has 1 saturated heterocycles. The zero-order valence-corrected chi connectivity index (χ0v) is 14.4. The number of nitrogens with one attached hydrogen (secondary N) is 1. The van der Waals surface area contributed by atoms with E-state index in [-0.39, 0.29) is 23.1 Å². The van der Waals surface area contributed by atoms with Crippen LogP contribution in [-0.2, 0) is 11.8 Å². The number of aryl methyl sites for hydroxylation is 2. The van der Waals surface area contributed by atoms with Gasteiger partial charge in [0.05, 0.1) is 27.5 Å². The number of carboxylic acid groups (broad SMARTS) is 1. The first kappa shape index (κ1) is 16.7. The standard InChI is InChI=1S/C15H14Cl2N2O5/c1-6-3-8-9(11(17)10(6)16)13(12(14(20)21)19(8)2)23-5-7-4-18-15(22)24-7/h3,7H,4-5H2,1-2H3,(H,18,22)(H,20,21). The fourth-order valence-corrected chi connectivity index (χ4v) is 3.17. The van der Waals surface area contributed by atoms with Gasteiger partial charge in [0.15, 0.2) is 17.5 Å². The van der Waals surface area contributed by atoms with Crippen LogP contribution in [0, 0.1) is 6.92 Å². The maximum Gasteiger partial charge on any atom is 0.407 e. The third-order valence-corrected chi connectivity index (χ3v) is 4.83. The number of carbonyl (C=O) groups is 2. The van der Waals surface area contributed by atoms with Crippen molar-refractivity contribution in [3.05, 3.63) is 27.4 Å². The molecule has 3 rings (SSSR count). The second-order valence-corrected chi connectivity index (χ2v) is 6.23. The van der Waals surface area contributed by atoms with E-state index in [1.807, 2.05) is 0 Å². The molecule has 128 valence electrons. The number of aromatic nitrogens is 1. The molecule has 0 saturated carbocycles. The van der Waals surface area contributed by atoms with Crippen molar-refractivity contribution in [2.75, 3.05) is 13.2 Å². The number of nitrogens with zero attached hydrogens (tertiary/aromatic N) is 1. The van der Waals surface area contributed by atoms with Crippen molar-refractivity contribution in [3.63, 3.8) is 0 Å². The summed E-state index contributed by atoms with van der Waals surface area (Å²) >= 11 is 12.5. The minimum atomic E-state index is -1.16. The van der Waals surface area contributed by atoms with Crippen LogP contribution < -0.4 is 10.1 Å². The van der Waals surface area contributed by atoms with Gasteiger partial charge in [-0.2, -0.15) is 0 Å². The summed E-state index contributed by atoms with van der Waals surface area (Å²) in [6, 6.07) is 1.75. The summed E-state index contributed by atoms with van der Waals surface area (Å²) in [5.74, 6) is -1.05. The first-order chi connectivity index (χ1) is 11.3. The Kier molecular flexibility index (Phi) is 4.23. The largest absolute Gasteiger partial charge is 0.486 e. The van der Waals surface area contributed by atoms with E-state index in [9.17, 15) is 14.7 Å². The van der Waals surface area contributed by atoms with Gasteiger partial charge < -0.3 is 24.5 Å². The van der Waals surface area contributed by atoms with Crippen molar-refractivity contribution in [3.8, 4) is 5.75 Å². The minimum Gasteiger partial charge on any atom is -0.486 e. The number of carboxylic acids is 1. The smallest absolute Gasteiger partial charge is 0.407 e. The molecule has 1 amide bonds. The summed E-state index contributed by atoms with van der Waals surface area (Å²) in [5.41, 5.74) is 1.27. The van der Waals surface area contributed by atoms with Crippen LogP contribution in [0.3, 0.4) is 0 Å². The van der Waals surface area contributed by atoms with Crippen molar-refractivity contribution in [1.82, 2.24) is 9.88 Å². The summed E-state index contributed by atoms with van der Waals surface area (Å²) in [6.07, 6.45) is -1.04. The maximum absolute atomic E-state index is 11.7. The van der Waals surface area contributed by atoms with Crippen molar-refractivity contribution < 1.29 is 24.2 Å². The van der Waals surface area contributed by atoms with Crippen LogP contribution >= 0.6 is 23.2 Å². The van der Waals surface area contributed by atoms with Crippen molar-refractivity contribution in [1.29, 1.82) is 0 Å². The highest BCUT2D eigenvalue weighted by atomic mass is 35.5. The average Bonchev–Trinajstić information content (AvgIpc) is 3.05. The number of cyclic esters (lactones) is 1. The molecule has 1 aromatic carbocycles. The molecule has 0 bridgehead atoms. The molecule has 2 heterocycles. The Morgan fingerprint density at radius 2 is 2.21 bits per heavy atom. The normalized spacial score (nSPS) is 17.0. The molecule has 2 N–H and O–H groups in total. The highest BCUT2D eigenvalue weighted by molar-refractivity contribution is 6.46. The lowest BCUT2D eigenvalue weighted by atomic mass is 10.1. The van der Waals surface area contributed by atoms with Crippen molar-refractivity contribution in [2.45, 2.75) is 13.0 Å². The summed E-state index contributed by atoms with van der Waals surface area (Å²) in [7, 11) is 1.61. The van der Waals surface area contributed by atoms with E-state index in [0.717, 1.165) is 5.56 Å². The summed E-state index contributed by atoms with van der Waals surface area (Å²) in [6.45, 7) is 2.07. The van der Waals surface area contributed by atoms with Gasteiger partial charge in [-0.05, 0) is 18.6 Å². The summed E-state index contributed by atoms with van der Waals surface area (Å²) in [5, 5.41) is 13.0. The van der Waals surface area contributed by atoms with Crippen LogP contribution in [-0.4, -0.2) is 41.0 Å². The van der Waals surface area contributed by atoms with E-state index in [1.165, 1.54) is 4.57 Å². The highest BCUT2D eigenvalue weighted by Gasteiger charge is 2.28. The number of ether oxygens (including phenoxy) is 2. The zero-order chi connectivity index (χ0) is 17.6. The third kappa shape index (κ3) is 2.63. The van der Waals surface area contributed by atoms with Gasteiger partial charge in [-0.25, -0.2) is 9.59 Å². The molecule has 1 unspecified atom stereocenters. The van der Waals surface area contributed by atoms with E-state index in [4.69, 9.17) is 32.7 Å². The molecule has 1 fully saturated rings. The van der Waals surface area contributed by atoms with Crippen LogP contribution in [0.15, 0.2) is 6.07 Å². The molecule has 24 heavy (non-hydrogen) atoms. The van der Waals surface area contributed by atoms with Gasteiger partial charge in [-0.15, -0.1) is 0 Å². The molecule has 2 aromatic rings. The predicted molar refractivity (Wildman–Crippen MR) is 88.4 cm³/mol. The Labute approximate surface area is 147 Å². The minimum absolute atomic E-state index is 0.0000420. The van der Waals surface area contributed by atoms with Gasteiger partial charge in [0, 0.05) is 7.05 Å². The Hall–Kier alpha value is -2.12. The predicted octanol–water partition coefficient (Wildman–Crippen LogP) is 2.98. The SMILES string of the molecule is Cc1cc2c(c(Cl)c1Cl)c(OCC1CNC(=O)O1)c(C(=O)O)n2C. The maximum atomic E-state index is 11.7. The number of rotatable bonds is 4. The molecule has 1 aromatic heterocycles. The van der Waals surface area contributed by atoms with Gasteiger partial charge in [-0.3, -0.25) is 0 Å². The van der Waals surface area contributed by atoms with E-state index in [2.05, 4.69) is 5.32 Å². The van der Waals surface area contributed by atoms with Gasteiger partial charge >= 0.3 is 12.1 Å². The quantitative estimate of drug-likeness (QED) is 0.860. The van der Waals surface area contributed by atoms with Crippen LogP contribution in [0.25, 0.3) is 10.9 Å². The van der Waals surface area contributed by atoms with Gasteiger partial charge in [-0.1, -0.05) is 23.2 Å². The number of carbonyl (C=O) groups excluding carboxylic acids is 1. The van der Waals surface area contributed by atoms with Crippen LogP contribution in [0.1, 0.15) is 16.1 Å². The third-order valence-electron chi connectivity index (χ3n) is 3.87. The first-order valence-corrected chi connectivity index (χ1v) is 7.84. The number of amides is 1. The molecule has 1 aliphatic rings. The van der Waals surface area contributed by atoms with Gasteiger partial charge in [0.1, 0.15) is 6.61 Å². The number of halogens is 2. The Morgan fingerprint density at radius 1 is 1.50 bits per heavy atom. The summed E-state index contributed by atoms with van der Waals surface area (Å²) < 4.78 is 12.2. The second kappa shape index (κ2) is 6.07. The first-order valence-electron chi connectivity index (χ1n) is 7.08. The number of alkyl carbamates (subject to hydrolysis) is 1. The average molecular weight is 373 g/mol. The molecule has 1 atom stereocenters. The molecule has 0 radical (unpaired) electrons. The Bertz CT molecular complexity index is 862. The van der Waals surface area contributed by atoms with Crippen molar-refractivity contribution >= 4 is 46.2 Å². The zero-order valence-electron chi connectivity index (χ0n) is 12.9. The summed E-state index contributed by atoms with van der Waals surface area (Å²) in [4.78, 5) is 22.7. The van der Waals surface area contributed by atoms with Crippen LogP contribution in [0.4, 0.5) is 4.79 Å². The molecule has 7 nitrogen and oxygen atoms in total. The number of benzene rings is 1. The molecule has 0 aliphatic carbocycles. The second-order valence-electron chi connectivity index (χ2n) is 5.48. The van der Waals surface area contributed by atoms with Gasteiger partial charge in [0.25, 0.3) is 0 Å². The lowest BCUT2D eigenvalue weighted by molar-refractivity contribution is 0.0674. The fraction of sp³-hybridized carbons (Fsp3) is 0.333. The van der Waals surface area contributed by atoms with Gasteiger partial charge in [0.2, 0.25) is 0 Å². The molecular weight excluding hydrogens is 359 g/mol. The highest BCUT2D eigenvalue weighted by Crippen LogP contribution is 2.42. The lowest BCUT2D eigenvalue weighted by Gasteiger charge is -2.11. The number of hydrogen-bond acceptors (Lipinski definition) is 4. The van der Waals surface area contributed by atoms with E-state index in [1.54, 1.807) is 20.0 Å². The topological polar surface area (TPSA) is 89.8 Å². The van der Waals surface area contributed by atoms with E-state index < -0.39 is 18.2 Å². The number of fused-ring (bicyclic) bond motifs is 1. The fourth-order valence-electron chi connectivity index (χ4n) is 2.69. The van der Waals surface area contributed by atoms with Crippen LogP contribution in [0.2, 0.25) is 10.0 Å². The Morgan fingerprint density at radius 3 is 2.79 bits per heavy atom. The molecule has 1 aliphatic heterocycles. The molecule has 9 heteroatoms. The number of hydrogen-bond donors (Lipinski definition) is 2. The Balaban J connectivity index is 2.10. The number of aromatic carboxylic acids is 1. The van der Waals surface area contributed by atoms with Crippen LogP contribution in [0.5, 0.6) is 5.75 Å². The van der Waals surface area contributed by atoms with Crippen molar-refractivity contribution in [2.24, 2.45) is 7.05 Å². The lowest BCUT2D eigenvalue weighted by Crippen LogP contribution is -2.22. The molecule has 0 spiro atoms. The monoisotopic (exact) mass is 372 g/mol.